The summed E-state index contributed by atoms with van der Waals surface area (Å²) in [5, 5.41) is 41.1. The predicted molar refractivity (Wildman–Crippen MR) is 78.0 cm³/mol. The van der Waals surface area contributed by atoms with Gasteiger partial charge in [0.25, 0.3) is 0 Å². The fraction of sp³-hybridized carbons (Fsp3) is 0.0625. The van der Waals surface area contributed by atoms with Crippen LogP contribution >= 0.6 is 0 Å². The highest BCUT2D eigenvalue weighted by Gasteiger charge is 2.18. The van der Waals surface area contributed by atoms with Gasteiger partial charge in [-0.15, -0.1) is 0 Å². The zero-order chi connectivity index (χ0) is 16.7. The summed E-state index contributed by atoms with van der Waals surface area (Å²) in [6.07, 6.45) is 0. The van der Waals surface area contributed by atoms with E-state index in [1.807, 2.05) is 0 Å². The molecule has 0 unspecified atom stereocenters. The maximum Gasteiger partial charge on any atom is 0.186 e. The van der Waals surface area contributed by atoms with Crippen molar-refractivity contribution >= 4 is 0 Å². The Labute approximate surface area is 129 Å². The van der Waals surface area contributed by atoms with Gasteiger partial charge in [-0.05, 0) is 23.9 Å². The molecule has 0 aromatic heterocycles. The van der Waals surface area contributed by atoms with Crippen molar-refractivity contribution in [1.82, 2.24) is 0 Å². The summed E-state index contributed by atoms with van der Waals surface area (Å²) in [6, 6.07) is 5.76. The van der Waals surface area contributed by atoms with Crippen molar-refractivity contribution in [2.75, 3.05) is 7.11 Å². The standard InChI is InChI=1S/C16H12O7/c1-22-14-3-7(2-11(19)15(14)21)16-12(20)6-9-10(18)4-8(17)5-13(9)23-16/h2-6,18-21H,1H3/p-1. The highest BCUT2D eigenvalue weighted by molar-refractivity contribution is 5.76. The minimum atomic E-state index is -0.698. The van der Waals surface area contributed by atoms with Crippen LogP contribution in [0.4, 0.5) is 0 Å². The third-order valence-electron chi connectivity index (χ3n) is 3.34. The first-order chi connectivity index (χ1) is 10.9. The molecule has 1 aromatic rings. The average Bonchev–Trinajstić information content (AvgIpc) is 2.50. The van der Waals surface area contributed by atoms with E-state index in [1.54, 1.807) is 0 Å². The first kappa shape index (κ1) is 14.6. The van der Waals surface area contributed by atoms with E-state index in [9.17, 15) is 25.2 Å². The second-order valence-corrected chi connectivity index (χ2v) is 4.84. The highest BCUT2D eigenvalue weighted by Crippen LogP contribution is 2.43. The van der Waals surface area contributed by atoms with Crippen LogP contribution in [0.15, 0.2) is 39.5 Å². The van der Waals surface area contributed by atoms with E-state index in [4.69, 9.17) is 9.15 Å². The fourth-order valence-corrected chi connectivity index (χ4v) is 2.26. The number of ether oxygens (including phenoxy) is 1. The van der Waals surface area contributed by atoms with Gasteiger partial charge in [-0.25, -0.2) is 0 Å². The summed E-state index contributed by atoms with van der Waals surface area (Å²) in [7, 11) is 1.26. The number of aromatic hydroxyl groups is 3. The van der Waals surface area contributed by atoms with E-state index in [1.165, 1.54) is 19.2 Å². The van der Waals surface area contributed by atoms with Crippen LogP contribution in [0.5, 0.6) is 28.7 Å². The first-order valence-electron chi connectivity index (χ1n) is 6.49. The fourth-order valence-electron chi connectivity index (χ4n) is 2.26. The molecule has 2 aliphatic rings. The number of hydrogen-bond acceptors (Lipinski definition) is 7. The molecular weight excluding hydrogens is 304 g/mol. The molecule has 1 aromatic carbocycles. The van der Waals surface area contributed by atoms with Crippen LogP contribution in [0.25, 0.3) is 22.6 Å². The van der Waals surface area contributed by atoms with Crippen molar-refractivity contribution in [3.8, 4) is 51.4 Å². The van der Waals surface area contributed by atoms with Crippen molar-refractivity contribution in [3.63, 3.8) is 0 Å². The second-order valence-electron chi connectivity index (χ2n) is 4.84. The van der Waals surface area contributed by atoms with Gasteiger partial charge in [-0.1, -0.05) is 0 Å². The Balaban J connectivity index is 2.29. The van der Waals surface area contributed by atoms with Gasteiger partial charge in [-0.2, -0.15) is 0 Å². The molecule has 118 valence electrons. The molecule has 0 spiro atoms. The summed E-state index contributed by atoms with van der Waals surface area (Å²) in [6.45, 7) is 0. The smallest absolute Gasteiger partial charge is 0.186 e. The van der Waals surface area contributed by atoms with Crippen LogP contribution in [0, 0.1) is 0 Å². The van der Waals surface area contributed by atoms with Crippen LogP contribution in [0.2, 0.25) is 0 Å². The second kappa shape index (κ2) is 5.13. The zero-order valence-corrected chi connectivity index (χ0v) is 11.9. The molecule has 7 heteroatoms. The SMILES string of the molecule is COc1cc(-c2oc3cc(=O)cc(O)c-3cc2O)cc(O)c1[O-]. The number of phenolic OH excluding ortho intramolecular Hbond substituents is 2. The monoisotopic (exact) mass is 315 g/mol. The molecule has 0 fully saturated rings. The van der Waals surface area contributed by atoms with Gasteiger partial charge in [0.2, 0.25) is 0 Å². The lowest BCUT2D eigenvalue weighted by Gasteiger charge is -2.17. The Bertz CT molecular complexity index is 927. The van der Waals surface area contributed by atoms with Crippen LogP contribution < -0.4 is 15.3 Å². The van der Waals surface area contributed by atoms with Gasteiger partial charge in [0, 0.05) is 17.7 Å². The van der Waals surface area contributed by atoms with Crippen LogP contribution in [0.3, 0.4) is 0 Å². The molecule has 0 amide bonds. The van der Waals surface area contributed by atoms with Gasteiger partial charge < -0.3 is 29.6 Å². The Hall–Kier alpha value is -3.35. The molecule has 3 N–H and O–H groups in total. The predicted octanol–water partition coefficient (Wildman–Crippen LogP) is 1.61. The highest BCUT2D eigenvalue weighted by atomic mass is 16.5. The quantitative estimate of drug-likeness (QED) is 0.656. The van der Waals surface area contributed by atoms with E-state index in [0.717, 1.165) is 18.2 Å². The van der Waals surface area contributed by atoms with Gasteiger partial charge in [0.1, 0.15) is 23.0 Å². The summed E-state index contributed by atoms with van der Waals surface area (Å²) in [5.74, 6) is -2.11. The maximum atomic E-state index is 11.6. The Morgan fingerprint density at radius 2 is 1.74 bits per heavy atom. The minimum absolute atomic E-state index is 0.0486. The van der Waals surface area contributed by atoms with Crippen molar-refractivity contribution < 1.29 is 29.6 Å². The zero-order valence-electron chi connectivity index (χ0n) is 11.9. The van der Waals surface area contributed by atoms with E-state index >= 15 is 0 Å². The normalized spacial score (nSPS) is 10.8. The largest absolute Gasteiger partial charge is 0.867 e. The number of rotatable bonds is 2. The topological polar surface area (TPSA) is 123 Å². The summed E-state index contributed by atoms with van der Waals surface area (Å²) in [5.41, 5.74) is -0.137. The van der Waals surface area contributed by atoms with Crippen LogP contribution in [-0.2, 0) is 0 Å². The van der Waals surface area contributed by atoms with Crippen LogP contribution in [0.1, 0.15) is 0 Å². The lowest BCUT2D eigenvalue weighted by Crippen LogP contribution is -1.99. The first-order valence-corrected chi connectivity index (χ1v) is 6.49. The van der Waals surface area contributed by atoms with Crippen molar-refractivity contribution in [3.05, 3.63) is 40.6 Å². The molecule has 7 nitrogen and oxygen atoms in total. The molecule has 0 atom stereocenters. The number of methoxy groups -OCH3 is 1. The third kappa shape index (κ3) is 2.38. The molecule has 0 bridgehead atoms. The number of hydrogen-bond donors (Lipinski definition) is 3. The van der Waals surface area contributed by atoms with E-state index < -0.39 is 16.9 Å². The van der Waals surface area contributed by atoms with Crippen LogP contribution in [-0.4, -0.2) is 22.4 Å². The van der Waals surface area contributed by atoms with Crippen molar-refractivity contribution in [2.45, 2.75) is 0 Å². The van der Waals surface area contributed by atoms with Crippen molar-refractivity contribution in [1.29, 1.82) is 0 Å². The molecule has 1 heterocycles. The molecule has 0 radical (unpaired) electrons. The Morgan fingerprint density at radius 3 is 2.43 bits per heavy atom. The summed E-state index contributed by atoms with van der Waals surface area (Å²) < 4.78 is 10.3. The summed E-state index contributed by atoms with van der Waals surface area (Å²) >= 11 is 0. The van der Waals surface area contributed by atoms with E-state index in [2.05, 4.69) is 0 Å². The van der Waals surface area contributed by atoms with E-state index in [0.29, 0.717) is 0 Å². The molecule has 1 aliphatic heterocycles. The maximum absolute atomic E-state index is 11.6. The molecule has 3 rings (SSSR count). The minimum Gasteiger partial charge on any atom is -0.867 e. The third-order valence-corrected chi connectivity index (χ3v) is 3.34. The van der Waals surface area contributed by atoms with Gasteiger partial charge >= 0.3 is 0 Å². The molecule has 0 saturated carbocycles. The number of benzene rings is 2. The lowest BCUT2D eigenvalue weighted by atomic mass is 10.1. The number of phenols is 2. The molecule has 0 saturated heterocycles. The molecule has 23 heavy (non-hydrogen) atoms. The van der Waals surface area contributed by atoms with Crippen molar-refractivity contribution in [2.24, 2.45) is 0 Å². The van der Waals surface area contributed by atoms with Gasteiger partial charge in [0.15, 0.2) is 16.9 Å². The lowest BCUT2D eigenvalue weighted by molar-refractivity contribution is -0.271. The van der Waals surface area contributed by atoms with E-state index in [-0.39, 0.29) is 39.9 Å². The Kier molecular flexibility index (Phi) is 3.25. The average molecular weight is 315 g/mol. The van der Waals surface area contributed by atoms with Gasteiger partial charge in [-0.3, -0.25) is 4.79 Å². The van der Waals surface area contributed by atoms with Gasteiger partial charge in [0.05, 0.1) is 12.7 Å². The number of fused-ring (bicyclic) bond motifs is 1. The molecular formula is C16H11O7-. The Morgan fingerprint density at radius 1 is 1.00 bits per heavy atom. The summed E-state index contributed by atoms with van der Waals surface area (Å²) in [4.78, 5) is 11.5. The molecule has 1 aliphatic carbocycles.